The minimum atomic E-state index is -0.250. The predicted octanol–water partition coefficient (Wildman–Crippen LogP) is 1.98. The van der Waals surface area contributed by atoms with Crippen molar-refractivity contribution in [1.29, 1.82) is 0 Å². The van der Waals surface area contributed by atoms with Crippen molar-refractivity contribution in [1.82, 2.24) is 4.98 Å². The zero-order valence-electron chi connectivity index (χ0n) is 7.10. The fraction of sp³-hybridized carbons (Fsp3) is 0.100. The molecular formula is C10H8FNO. The topological polar surface area (TPSA) is 32.9 Å². The average molecular weight is 177 g/mol. The van der Waals surface area contributed by atoms with E-state index < -0.39 is 0 Å². The first-order valence-corrected chi connectivity index (χ1v) is 3.96. The first-order chi connectivity index (χ1) is 6.18. The summed E-state index contributed by atoms with van der Waals surface area (Å²) in [6.07, 6.45) is 0. The van der Waals surface area contributed by atoms with Crippen LogP contribution in [0.5, 0.6) is 0 Å². The Morgan fingerprint density at radius 1 is 1.23 bits per heavy atom. The number of H-pyrrole nitrogens is 1. The van der Waals surface area contributed by atoms with Crippen molar-refractivity contribution in [2.24, 2.45) is 0 Å². The predicted molar refractivity (Wildman–Crippen MR) is 49.3 cm³/mol. The molecule has 0 aliphatic rings. The third-order valence-corrected chi connectivity index (χ3v) is 2.11. The fourth-order valence-corrected chi connectivity index (χ4v) is 1.36. The minimum Gasteiger partial charge on any atom is -0.322 e. The van der Waals surface area contributed by atoms with Gasteiger partial charge in [0.15, 0.2) is 0 Å². The van der Waals surface area contributed by atoms with Crippen LogP contribution in [0.3, 0.4) is 0 Å². The summed E-state index contributed by atoms with van der Waals surface area (Å²) in [6, 6.07) is 5.95. The highest BCUT2D eigenvalue weighted by Crippen LogP contribution is 2.17. The van der Waals surface area contributed by atoms with Gasteiger partial charge in [-0.15, -0.1) is 0 Å². The molecule has 0 unspecified atom stereocenters. The number of aryl methyl sites for hydroxylation is 1. The largest absolute Gasteiger partial charge is 0.322 e. The van der Waals surface area contributed by atoms with Crippen LogP contribution in [0.1, 0.15) is 5.56 Å². The molecule has 66 valence electrons. The smallest absolute Gasteiger partial charge is 0.248 e. The lowest BCUT2D eigenvalue weighted by atomic mass is 10.1. The maximum atomic E-state index is 13.1. The van der Waals surface area contributed by atoms with Gasteiger partial charge >= 0.3 is 0 Å². The molecule has 1 heterocycles. The number of pyridine rings is 1. The molecule has 2 nitrogen and oxygen atoms in total. The highest BCUT2D eigenvalue weighted by Gasteiger charge is 2.02. The van der Waals surface area contributed by atoms with Crippen LogP contribution in [0, 0.1) is 12.7 Å². The summed E-state index contributed by atoms with van der Waals surface area (Å²) in [5.41, 5.74) is 1.07. The molecule has 0 fully saturated rings. The maximum absolute atomic E-state index is 13.1. The monoisotopic (exact) mass is 177 g/mol. The summed E-state index contributed by atoms with van der Waals surface area (Å²) >= 11 is 0. The van der Waals surface area contributed by atoms with Crippen LogP contribution < -0.4 is 5.56 Å². The van der Waals surface area contributed by atoms with Crippen LogP contribution in [0.15, 0.2) is 29.1 Å². The van der Waals surface area contributed by atoms with Gasteiger partial charge < -0.3 is 4.98 Å². The van der Waals surface area contributed by atoms with Crippen molar-refractivity contribution in [2.75, 3.05) is 0 Å². The molecule has 2 rings (SSSR count). The Balaban J connectivity index is 2.95. The van der Waals surface area contributed by atoms with E-state index in [2.05, 4.69) is 4.98 Å². The number of hydrogen-bond donors (Lipinski definition) is 1. The molecule has 0 aliphatic heterocycles. The lowest BCUT2D eigenvalue weighted by molar-refractivity contribution is 0.621. The van der Waals surface area contributed by atoms with Gasteiger partial charge in [0, 0.05) is 17.0 Å². The number of hydrogen-bond acceptors (Lipinski definition) is 1. The molecule has 1 N–H and O–H groups in total. The van der Waals surface area contributed by atoms with E-state index in [0.29, 0.717) is 11.1 Å². The summed E-state index contributed by atoms with van der Waals surface area (Å²) in [6.45, 7) is 1.69. The lowest BCUT2D eigenvalue weighted by Gasteiger charge is -2.01. The Labute approximate surface area is 74.0 Å². The fourth-order valence-electron chi connectivity index (χ4n) is 1.36. The molecule has 0 spiro atoms. The standard InChI is InChI=1S/C10H8FNO/c1-6-7-2-5-10(13)12-9(7)4-3-8(6)11/h2-5H,1H3,(H,12,13). The summed E-state index contributed by atoms with van der Waals surface area (Å²) in [4.78, 5) is 13.6. The molecular weight excluding hydrogens is 169 g/mol. The van der Waals surface area contributed by atoms with E-state index in [1.54, 1.807) is 19.1 Å². The second-order valence-electron chi connectivity index (χ2n) is 2.96. The summed E-state index contributed by atoms with van der Waals surface area (Å²) in [7, 11) is 0. The normalized spacial score (nSPS) is 10.6. The molecule has 2 aromatic rings. The molecule has 0 radical (unpaired) electrons. The van der Waals surface area contributed by atoms with E-state index >= 15 is 0 Å². The number of aromatic amines is 1. The number of halogens is 1. The van der Waals surface area contributed by atoms with E-state index in [1.807, 2.05) is 0 Å². The van der Waals surface area contributed by atoms with Gasteiger partial charge in [-0.25, -0.2) is 4.39 Å². The van der Waals surface area contributed by atoms with Crippen LogP contribution in [0.2, 0.25) is 0 Å². The van der Waals surface area contributed by atoms with E-state index in [-0.39, 0.29) is 11.4 Å². The van der Waals surface area contributed by atoms with E-state index in [4.69, 9.17) is 0 Å². The second-order valence-corrected chi connectivity index (χ2v) is 2.96. The Bertz CT molecular complexity index is 516. The van der Waals surface area contributed by atoms with Crippen molar-refractivity contribution in [3.63, 3.8) is 0 Å². The van der Waals surface area contributed by atoms with Crippen LogP contribution >= 0.6 is 0 Å². The van der Waals surface area contributed by atoms with Gasteiger partial charge in [0.05, 0.1) is 0 Å². The number of nitrogens with one attached hydrogen (secondary N) is 1. The highest BCUT2D eigenvalue weighted by atomic mass is 19.1. The third-order valence-electron chi connectivity index (χ3n) is 2.11. The van der Waals surface area contributed by atoms with Crippen molar-refractivity contribution in [3.05, 3.63) is 46.0 Å². The van der Waals surface area contributed by atoms with Crippen molar-refractivity contribution >= 4 is 10.9 Å². The molecule has 0 saturated carbocycles. The number of benzene rings is 1. The molecule has 0 atom stereocenters. The Kier molecular flexibility index (Phi) is 1.65. The van der Waals surface area contributed by atoms with Crippen molar-refractivity contribution in [3.8, 4) is 0 Å². The molecule has 13 heavy (non-hydrogen) atoms. The summed E-state index contributed by atoms with van der Waals surface area (Å²) in [5.74, 6) is -0.250. The lowest BCUT2D eigenvalue weighted by Crippen LogP contribution is -2.03. The van der Waals surface area contributed by atoms with Crippen LogP contribution in [0.4, 0.5) is 4.39 Å². The van der Waals surface area contributed by atoms with Crippen LogP contribution in [-0.4, -0.2) is 4.98 Å². The first kappa shape index (κ1) is 7.98. The molecule has 3 heteroatoms. The molecule has 1 aromatic heterocycles. The molecule has 0 bridgehead atoms. The van der Waals surface area contributed by atoms with Crippen molar-refractivity contribution in [2.45, 2.75) is 6.92 Å². The Morgan fingerprint density at radius 2 is 2.00 bits per heavy atom. The first-order valence-electron chi connectivity index (χ1n) is 3.96. The van der Waals surface area contributed by atoms with E-state index in [9.17, 15) is 9.18 Å². The van der Waals surface area contributed by atoms with Gasteiger partial charge in [0.1, 0.15) is 5.82 Å². The van der Waals surface area contributed by atoms with Gasteiger partial charge in [-0.05, 0) is 30.7 Å². The van der Waals surface area contributed by atoms with Crippen LogP contribution in [-0.2, 0) is 0 Å². The average Bonchev–Trinajstić information content (AvgIpc) is 2.12. The molecule has 0 amide bonds. The molecule has 0 aliphatic carbocycles. The number of aromatic nitrogens is 1. The quantitative estimate of drug-likeness (QED) is 0.655. The van der Waals surface area contributed by atoms with Gasteiger partial charge in [0.2, 0.25) is 5.56 Å². The highest BCUT2D eigenvalue weighted by molar-refractivity contribution is 5.81. The Hall–Kier alpha value is -1.64. The molecule has 1 aromatic carbocycles. The van der Waals surface area contributed by atoms with Gasteiger partial charge in [-0.2, -0.15) is 0 Å². The van der Waals surface area contributed by atoms with E-state index in [0.717, 1.165) is 5.39 Å². The van der Waals surface area contributed by atoms with Gasteiger partial charge in [0.25, 0.3) is 0 Å². The zero-order chi connectivity index (χ0) is 9.42. The number of fused-ring (bicyclic) bond motifs is 1. The van der Waals surface area contributed by atoms with Gasteiger partial charge in [-0.1, -0.05) is 0 Å². The number of rotatable bonds is 0. The zero-order valence-corrected chi connectivity index (χ0v) is 7.10. The summed E-state index contributed by atoms with van der Waals surface area (Å²) < 4.78 is 13.1. The van der Waals surface area contributed by atoms with Crippen molar-refractivity contribution < 1.29 is 4.39 Å². The molecule has 0 saturated heterocycles. The minimum absolute atomic E-state index is 0.168. The second kappa shape index (κ2) is 2.69. The van der Waals surface area contributed by atoms with E-state index in [1.165, 1.54) is 12.1 Å². The SMILES string of the molecule is Cc1c(F)ccc2[nH]c(=O)ccc12. The van der Waals surface area contributed by atoms with Crippen LogP contribution in [0.25, 0.3) is 10.9 Å². The third kappa shape index (κ3) is 1.22. The Morgan fingerprint density at radius 3 is 2.77 bits per heavy atom. The maximum Gasteiger partial charge on any atom is 0.248 e. The summed E-state index contributed by atoms with van der Waals surface area (Å²) in [5, 5.41) is 0.750. The van der Waals surface area contributed by atoms with Gasteiger partial charge in [-0.3, -0.25) is 4.79 Å².